The van der Waals surface area contributed by atoms with E-state index in [1.54, 1.807) is 0 Å². The van der Waals surface area contributed by atoms with Crippen molar-refractivity contribution in [2.75, 3.05) is 0 Å². The van der Waals surface area contributed by atoms with Crippen molar-refractivity contribution in [2.45, 2.75) is 12.8 Å². The Morgan fingerprint density at radius 1 is 0.667 bits per heavy atom. The van der Waals surface area contributed by atoms with E-state index >= 15 is 0 Å². The molecule has 0 aromatic heterocycles. The van der Waals surface area contributed by atoms with Gasteiger partial charge in [0.15, 0.2) is 0 Å². The maximum Gasteiger partial charge on any atom is 0.307 e. The third-order valence-corrected chi connectivity index (χ3v) is 7.26. The second-order valence-electron chi connectivity index (χ2n) is 7.16. The van der Waals surface area contributed by atoms with Gasteiger partial charge in [0.05, 0.1) is 11.8 Å². The van der Waals surface area contributed by atoms with Gasteiger partial charge in [-0.2, -0.15) is 0 Å². The van der Waals surface area contributed by atoms with Crippen LogP contribution in [0.15, 0.2) is 0 Å². The lowest BCUT2D eigenvalue weighted by atomic mass is 9.60. The summed E-state index contributed by atoms with van der Waals surface area (Å²) in [5.74, 6) is 1.92. The second kappa shape index (κ2) is 2.61. The van der Waals surface area contributed by atoms with Crippen LogP contribution < -0.4 is 0 Å². The Labute approximate surface area is 104 Å². The summed E-state index contributed by atoms with van der Waals surface area (Å²) < 4.78 is 0. The predicted octanol–water partition coefficient (Wildman–Crippen LogP) is 1.17. The highest BCUT2D eigenvalue weighted by Gasteiger charge is 2.80. The van der Waals surface area contributed by atoms with Crippen LogP contribution in [0.3, 0.4) is 0 Å². The topological polar surface area (TPSA) is 74.6 Å². The van der Waals surface area contributed by atoms with Crippen molar-refractivity contribution in [2.24, 2.45) is 59.2 Å². The summed E-state index contributed by atoms with van der Waals surface area (Å²) in [5, 5.41) is 19.0. The molecule has 5 saturated carbocycles. The number of hydrogen-bond acceptors (Lipinski definition) is 2. The van der Waals surface area contributed by atoms with Crippen LogP contribution in [0.1, 0.15) is 12.8 Å². The Kier molecular flexibility index (Phi) is 1.42. The minimum atomic E-state index is -0.619. The van der Waals surface area contributed by atoms with Gasteiger partial charge in [-0.1, -0.05) is 0 Å². The molecule has 0 saturated heterocycles. The first-order chi connectivity index (χ1) is 8.61. The minimum absolute atomic E-state index is 0.155. The normalized spacial score (nSPS) is 65.1. The van der Waals surface area contributed by atoms with Gasteiger partial charge in [0.1, 0.15) is 0 Å². The van der Waals surface area contributed by atoms with Crippen molar-refractivity contribution in [3.63, 3.8) is 0 Å². The molecule has 0 aliphatic heterocycles. The number of rotatable bonds is 2. The molecular formula is C14H16O4. The Morgan fingerprint density at radius 2 is 0.944 bits per heavy atom. The molecule has 4 heteroatoms. The Balaban J connectivity index is 1.65. The van der Waals surface area contributed by atoms with Crippen molar-refractivity contribution in [3.8, 4) is 0 Å². The summed E-state index contributed by atoms with van der Waals surface area (Å²) in [7, 11) is 0. The summed E-state index contributed by atoms with van der Waals surface area (Å²) in [5.41, 5.74) is 0. The number of carboxylic acid groups (broad SMARTS) is 2. The van der Waals surface area contributed by atoms with Crippen LogP contribution in [0.4, 0.5) is 0 Å². The van der Waals surface area contributed by atoms with E-state index in [-0.39, 0.29) is 11.8 Å². The highest BCUT2D eigenvalue weighted by atomic mass is 16.4. The zero-order chi connectivity index (χ0) is 12.3. The summed E-state index contributed by atoms with van der Waals surface area (Å²) in [6.45, 7) is 0. The van der Waals surface area contributed by atoms with Gasteiger partial charge in [0.25, 0.3) is 0 Å². The summed E-state index contributed by atoms with van der Waals surface area (Å²) in [6.07, 6.45) is 1.76. The fourth-order valence-electron chi connectivity index (χ4n) is 7.33. The molecule has 0 aromatic rings. The lowest BCUT2D eigenvalue weighted by Crippen LogP contribution is -2.41. The number of hydrogen-bond donors (Lipinski definition) is 2. The fraction of sp³-hybridized carbons (Fsp3) is 0.857. The van der Waals surface area contributed by atoms with E-state index in [1.165, 1.54) is 0 Å². The third kappa shape index (κ3) is 0.733. The maximum absolute atomic E-state index is 11.5. The van der Waals surface area contributed by atoms with Gasteiger partial charge in [-0.25, -0.2) is 0 Å². The smallest absolute Gasteiger partial charge is 0.307 e. The number of aliphatic carboxylic acids is 2. The molecule has 5 fully saturated rings. The second-order valence-corrected chi connectivity index (χ2v) is 7.16. The van der Waals surface area contributed by atoms with E-state index in [9.17, 15) is 19.8 Å². The molecular weight excluding hydrogens is 232 g/mol. The van der Waals surface area contributed by atoms with Crippen LogP contribution in [0.2, 0.25) is 0 Å². The summed E-state index contributed by atoms with van der Waals surface area (Å²) in [4.78, 5) is 23.0. The van der Waals surface area contributed by atoms with Gasteiger partial charge in [-0.15, -0.1) is 0 Å². The standard InChI is InChI=1S/C14H16O4/c15-13(16)7-3-1-4-8(14(17)18)6-2-5(7)11-9(3)10(4)12(6)11/h3-12H,1-2H2,(H,15,16)(H,17,18)/t3-,4-,5-,6+,7?,8?,9?,10?,11?,12?/m0/s1. The molecule has 5 rings (SSSR count). The van der Waals surface area contributed by atoms with E-state index in [0.717, 1.165) is 12.8 Å². The highest BCUT2D eigenvalue weighted by molar-refractivity contribution is 5.75. The molecule has 6 unspecified atom stereocenters. The Hall–Kier alpha value is -1.06. The minimum Gasteiger partial charge on any atom is -0.481 e. The van der Waals surface area contributed by atoms with Crippen molar-refractivity contribution in [1.82, 2.24) is 0 Å². The third-order valence-electron chi connectivity index (χ3n) is 7.26. The number of carbonyl (C=O) groups is 2. The first kappa shape index (κ1) is 9.82. The average Bonchev–Trinajstić information content (AvgIpc) is 2.71. The molecule has 0 bridgehead atoms. The molecule has 0 aromatic carbocycles. The molecule has 4 nitrogen and oxygen atoms in total. The lowest BCUT2D eigenvalue weighted by molar-refractivity contribution is -0.146. The fourth-order valence-corrected chi connectivity index (χ4v) is 7.33. The van der Waals surface area contributed by atoms with E-state index in [1.807, 2.05) is 0 Å². The van der Waals surface area contributed by atoms with Gasteiger partial charge >= 0.3 is 11.9 Å². The molecule has 0 amide bonds. The quantitative estimate of drug-likeness (QED) is 0.769. The zero-order valence-corrected chi connectivity index (χ0v) is 9.90. The van der Waals surface area contributed by atoms with Gasteiger partial charge in [0, 0.05) is 0 Å². The van der Waals surface area contributed by atoms with Gasteiger partial charge in [0.2, 0.25) is 0 Å². The Bertz CT molecular complexity index is 406. The van der Waals surface area contributed by atoms with Gasteiger partial charge < -0.3 is 10.2 Å². The summed E-state index contributed by atoms with van der Waals surface area (Å²) in [6, 6.07) is 0. The van der Waals surface area contributed by atoms with Gasteiger partial charge in [-0.3, -0.25) is 9.59 Å². The van der Waals surface area contributed by atoms with Crippen LogP contribution in [-0.2, 0) is 9.59 Å². The van der Waals surface area contributed by atoms with Crippen LogP contribution in [0.5, 0.6) is 0 Å². The van der Waals surface area contributed by atoms with E-state index in [0.29, 0.717) is 47.3 Å². The zero-order valence-electron chi connectivity index (χ0n) is 9.90. The van der Waals surface area contributed by atoms with Gasteiger partial charge in [-0.05, 0) is 60.2 Å². The van der Waals surface area contributed by atoms with Crippen LogP contribution >= 0.6 is 0 Å². The molecule has 10 atom stereocenters. The van der Waals surface area contributed by atoms with Crippen molar-refractivity contribution in [3.05, 3.63) is 0 Å². The summed E-state index contributed by atoms with van der Waals surface area (Å²) >= 11 is 0. The average molecular weight is 248 g/mol. The van der Waals surface area contributed by atoms with Crippen molar-refractivity contribution in [1.29, 1.82) is 0 Å². The van der Waals surface area contributed by atoms with E-state index in [2.05, 4.69) is 0 Å². The molecule has 0 heterocycles. The van der Waals surface area contributed by atoms with Crippen LogP contribution in [0.25, 0.3) is 0 Å². The Morgan fingerprint density at radius 3 is 1.17 bits per heavy atom. The molecule has 18 heavy (non-hydrogen) atoms. The monoisotopic (exact) mass is 248 g/mol. The largest absolute Gasteiger partial charge is 0.481 e. The van der Waals surface area contributed by atoms with Crippen LogP contribution in [0, 0.1) is 59.2 Å². The molecule has 5 aliphatic carbocycles. The highest BCUT2D eigenvalue weighted by Crippen LogP contribution is 2.82. The SMILES string of the molecule is O=C(O)C1[C@@H]2C[C@@H]3C4C2C2C4[C@H](C[C@H]21)C3C(=O)O. The predicted molar refractivity (Wildman–Crippen MR) is 59.4 cm³/mol. The first-order valence-electron chi connectivity index (χ1n) is 7.07. The number of carboxylic acids is 2. The van der Waals surface area contributed by atoms with Crippen LogP contribution in [-0.4, -0.2) is 22.2 Å². The molecule has 5 aliphatic rings. The van der Waals surface area contributed by atoms with E-state index in [4.69, 9.17) is 0 Å². The molecule has 0 radical (unpaired) electrons. The van der Waals surface area contributed by atoms with E-state index < -0.39 is 11.9 Å². The first-order valence-corrected chi connectivity index (χ1v) is 7.07. The van der Waals surface area contributed by atoms with Crippen molar-refractivity contribution >= 4 is 11.9 Å². The lowest BCUT2D eigenvalue weighted by Gasteiger charge is -2.44. The molecule has 0 spiro atoms. The molecule has 2 N–H and O–H groups in total. The maximum atomic E-state index is 11.5. The van der Waals surface area contributed by atoms with Crippen molar-refractivity contribution < 1.29 is 19.8 Å². The molecule has 96 valence electrons.